The number of benzene rings is 1. The Bertz CT molecular complexity index is 366. The molecule has 1 aromatic carbocycles. The van der Waals surface area contributed by atoms with Gasteiger partial charge in [-0.05, 0) is 37.1 Å². The van der Waals surface area contributed by atoms with E-state index >= 15 is 0 Å². The molecule has 0 saturated carbocycles. The molecule has 0 spiro atoms. The van der Waals surface area contributed by atoms with Crippen LogP contribution in [0.4, 0.5) is 4.39 Å². The third-order valence-electron chi connectivity index (χ3n) is 3.20. The largest absolute Gasteiger partial charge is 0.494 e. The van der Waals surface area contributed by atoms with E-state index in [1.54, 1.807) is 6.07 Å². The zero-order chi connectivity index (χ0) is 13.5. The van der Waals surface area contributed by atoms with Gasteiger partial charge in [0.15, 0.2) is 11.6 Å². The van der Waals surface area contributed by atoms with Crippen molar-refractivity contribution in [1.29, 1.82) is 0 Å². The van der Waals surface area contributed by atoms with Crippen LogP contribution in [0.2, 0.25) is 0 Å². The fourth-order valence-corrected chi connectivity index (χ4v) is 2.10. The second kappa shape index (κ2) is 7.37. The second-order valence-electron chi connectivity index (χ2n) is 5.06. The van der Waals surface area contributed by atoms with Crippen molar-refractivity contribution < 1.29 is 9.13 Å². The minimum Gasteiger partial charge on any atom is -0.494 e. The highest BCUT2D eigenvalue weighted by atomic mass is 19.1. The predicted molar refractivity (Wildman–Crippen MR) is 73.4 cm³/mol. The molecule has 0 amide bonds. The third-order valence-corrected chi connectivity index (χ3v) is 3.20. The summed E-state index contributed by atoms with van der Waals surface area (Å²) >= 11 is 0. The van der Waals surface area contributed by atoms with Crippen molar-refractivity contribution in [2.45, 2.75) is 39.2 Å². The van der Waals surface area contributed by atoms with Gasteiger partial charge in [0.1, 0.15) is 0 Å². The standard InChI is InChI=1S/C15H24FNO/c1-11(2)6-5-7-14(17-3)12-8-9-13(16)15(10-12)18-4/h8-11,14,17H,5-7H2,1-4H3. The molecule has 1 unspecified atom stereocenters. The lowest BCUT2D eigenvalue weighted by Gasteiger charge is -2.18. The van der Waals surface area contributed by atoms with Crippen LogP contribution in [0.25, 0.3) is 0 Å². The number of methoxy groups -OCH3 is 1. The maximum atomic E-state index is 13.3. The van der Waals surface area contributed by atoms with Crippen molar-refractivity contribution in [3.63, 3.8) is 0 Å². The van der Waals surface area contributed by atoms with Crippen molar-refractivity contribution in [2.75, 3.05) is 14.2 Å². The third kappa shape index (κ3) is 4.30. The molecule has 0 bridgehead atoms. The Morgan fingerprint density at radius 3 is 2.56 bits per heavy atom. The molecule has 1 rings (SSSR count). The highest BCUT2D eigenvalue weighted by molar-refractivity contribution is 5.32. The number of hydrogen-bond acceptors (Lipinski definition) is 2. The van der Waals surface area contributed by atoms with Gasteiger partial charge in [-0.1, -0.05) is 32.8 Å². The maximum absolute atomic E-state index is 13.3. The maximum Gasteiger partial charge on any atom is 0.165 e. The Morgan fingerprint density at radius 2 is 2.00 bits per heavy atom. The molecule has 0 aromatic heterocycles. The van der Waals surface area contributed by atoms with Crippen LogP contribution in [0.3, 0.4) is 0 Å². The second-order valence-corrected chi connectivity index (χ2v) is 5.06. The van der Waals surface area contributed by atoms with E-state index in [0.717, 1.165) is 17.9 Å². The highest BCUT2D eigenvalue weighted by Crippen LogP contribution is 2.26. The molecule has 0 aliphatic carbocycles. The molecule has 0 aliphatic rings. The zero-order valence-electron chi connectivity index (χ0n) is 11.8. The molecule has 0 radical (unpaired) electrons. The van der Waals surface area contributed by atoms with Gasteiger partial charge < -0.3 is 10.1 Å². The Labute approximate surface area is 110 Å². The van der Waals surface area contributed by atoms with Crippen LogP contribution in [0, 0.1) is 11.7 Å². The number of halogens is 1. The van der Waals surface area contributed by atoms with Gasteiger partial charge in [0, 0.05) is 6.04 Å². The molecule has 0 aliphatic heterocycles. The van der Waals surface area contributed by atoms with E-state index < -0.39 is 0 Å². The molecule has 0 heterocycles. The first kappa shape index (κ1) is 15.0. The molecule has 1 aromatic rings. The fraction of sp³-hybridized carbons (Fsp3) is 0.600. The lowest BCUT2D eigenvalue weighted by Crippen LogP contribution is -2.16. The Hall–Kier alpha value is -1.09. The van der Waals surface area contributed by atoms with E-state index in [1.165, 1.54) is 26.0 Å². The number of ether oxygens (including phenoxy) is 1. The van der Waals surface area contributed by atoms with Crippen molar-refractivity contribution in [2.24, 2.45) is 5.92 Å². The van der Waals surface area contributed by atoms with Gasteiger partial charge in [-0.15, -0.1) is 0 Å². The summed E-state index contributed by atoms with van der Waals surface area (Å²) in [4.78, 5) is 0. The van der Waals surface area contributed by atoms with Gasteiger partial charge in [-0.3, -0.25) is 0 Å². The minimum absolute atomic E-state index is 0.262. The lowest BCUT2D eigenvalue weighted by atomic mass is 9.98. The van der Waals surface area contributed by atoms with E-state index in [0.29, 0.717) is 5.75 Å². The smallest absolute Gasteiger partial charge is 0.165 e. The normalized spacial score (nSPS) is 12.8. The van der Waals surface area contributed by atoms with Crippen LogP contribution in [0.5, 0.6) is 5.75 Å². The van der Waals surface area contributed by atoms with Crippen LogP contribution in [0.1, 0.15) is 44.7 Å². The number of rotatable bonds is 7. The van der Waals surface area contributed by atoms with Crippen LogP contribution >= 0.6 is 0 Å². The van der Waals surface area contributed by atoms with Crippen molar-refractivity contribution in [3.8, 4) is 5.75 Å². The summed E-state index contributed by atoms with van der Waals surface area (Å²) in [5.41, 5.74) is 1.08. The Morgan fingerprint density at radius 1 is 1.28 bits per heavy atom. The van der Waals surface area contributed by atoms with Crippen molar-refractivity contribution >= 4 is 0 Å². The van der Waals surface area contributed by atoms with Gasteiger partial charge in [0.05, 0.1) is 7.11 Å². The lowest BCUT2D eigenvalue weighted by molar-refractivity contribution is 0.384. The minimum atomic E-state index is -0.307. The molecule has 0 saturated heterocycles. The van der Waals surface area contributed by atoms with E-state index in [-0.39, 0.29) is 11.9 Å². The molecule has 1 N–H and O–H groups in total. The summed E-state index contributed by atoms with van der Waals surface area (Å²) in [5, 5.41) is 3.28. The molecular weight excluding hydrogens is 229 g/mol. The summed E-state index contributed by atoms with van der Waals surface area (Å²) in [6.45, 7) is 4.46. The summed E-state index contributed by atoms with van der Waals surface area (Å²) in [5.74, 6) is 0.736. The summed E-state index contributed by atoms with van der Waals surface area (Å²) in [6.07, 6.45) is 3.45. The fourth-order valence-electron chi connectivity index (χ4n) is 2.10. The quantitative estimate of drug-likeness (QED) is 0.795. The van der Waals surface area contributed by atoms with Crippen LogP contribution in [0.15, 0.2) is 18.2 Å². The van der Waals surface area contributed by atoms with E-state index in [4.69, 9.17) is 4.74 Å². The molecule has 18 heavy (non-hydrogen) atoms. The van der Waals surface area contributed by atoms with Crippen LogP contribution < -0.4 is 10.1 Å². The van der Waals surface area contributed by atoms with Crippen molar-refractivity contribution in [3.05, 3.63) is 29.6 Å². The first-order valence-corrected chi connectivity index (χ1v) is 6.59. The van der Waals surface area contributed by atoms with Crippen LogP contribution in [-0.2, 0) is 0 Å². The van der Waals surface area contributed by atoms with E-state index in [1.807, 2.05) is 13.1 Å². The predicted octanol–water partition coefficient (Wildman–Crippen LogP) is 3.92. The van der Waals surface area contributed by atoms with Gasteiger partial charge >= 0.3 is 0 Å². The molecule has 1 atom stereocenters. The monoisotopic (exact) mass is 253 g/mol. The number of nitrogens with one attached hydrogen (secondary N) is 1. The van der Waals surface area contributed by atoms with Crippen LogP contribution in [-0.4, -0.2) is 14.2 Å². The Kier molecular flexibility index (Phi) is 6.13. The summed E-state index contributed by atoms with van der Waals surface area (Å²) in [7, 11) is 3.44. The van der Waals surface area contributed by atoms with E-state index in [2.05, 4.69) is 19.2 Å². The van der Waals surface area contributed by atoms with Gasteiger partial charge in [0.25, 0.3) is 0 Å². The topological polar surface area (TPSA) is 21.3 Å². The molecule has 2 nitrogen and oxygen atoms in total. The molecular formula is C15H24FNO. The zero-order valence-corrected chi connectivity index (χ0v) is 11.8. The molecule has 3 heteroatoms. The molecule has 0 fully saturated rings. The van der Waals surface area contributed by atoms with E-state index in [9.17, 15) is 4.39 Å². The first-order valence-electron chi connectivity index (χ1n) is 6.59. The van der Waals surface area contributed by atoms with Crippen molar-refractivity contribution in [1.82, 2.24) is 5.32 Å². The molecule has 102 valence electrons. The average molecular weight is 253 g/mol. The van der Waals surface area contributed by atoms with Gasteiger partial charge in [-0.2, -0.15) is 0 Å². The van der Waals surface area contributed by atoms with Gasteiger partial charge in [0.2, 0.25) is 0 Å². The average Bonchev–Trinajstić information content (AvgIpc) is 2.35. The summed E-state index contributed by atoms with van der Waals surface area (Å²) < 4.78 is 18.4. The summed E-state index contributed by atoms with van der Waals surface area (Å²) in [6, 6.07) is 5.35. The SMILES string of the molecule is CNC(CCCC(C)C)c1ccc(F)c(OC)c1. The Balaban J connectivity index is 2.69. The first-order chi connectivity index (χ1) is 8.58. The highest BCUT2D eigenvalue weighted by Gasteiger charge is 2.12. The number of hydrogen-bond donors (Lipinski definition) is 1. The van der Waals surface area contributed by atoms with Gasteiger partial charge in [-0.25, -0.2) is 4.39 Å².